The number of carbonyl (C=O) groups excluding carboxylic acids is 1. The van der Waals surface area contributed by atoms with Gasteiger partial charge in [0.15, 0.2) is 0 Å². The highest BCUT2D eigenvalue weighted by Gasteiger charge is 2.13. The highest BCUT2D eigenvalue weighted by Crippen LogP contribution is 2.18. The molecule has 0 unspecified atom stereocenters. The monoisotopic (exact) mass is 343 g/mol. The minimum atomic E-state index is -0.507. The van der Waals surface area contributed by atoms with Gasteiger partial charge in [-0.3, -0.25) is 4.79 Å². The van der Waals surface area contributed by atoms with Crippen LogP contribution < -0.4 is 10.6 Å². The number of rotatable bonds is 5. The Labute approximate surface area is 126 Å². The number of hydrogen-bond donors (Lipinski definition) is 2. The van der Waals surface area contributed by atoms with Crippen molar-refractivity contribution < 1.29 is 9.18 Å². The minimum absolute atomic E-state index is 0.0848. The third kappa shape index (κ3) is 4.26. The van der Waals surface area contributed by atoms with E-state index in [2.05, 4.69) is 31.5 Å². The number of carbonyl (C=O) groups is 1. The van der Waals surface area contributed by atoms with Crippen LogP contribution in [0.4, 0.5) is 4.39 Å². The van der Waals surface area contributed by atoms with Crippen LogP contribution in [-0.4, -0.2) is 50.1 Å². The van der Waals surface area contributed by atoms with E-state index in [-0.39, 0.29) is 11.5 Å². The van der Waals surface area contributed by atoms with Gasteiger partial charge in [-0.05, 0) is 41.0 Å². The van der Waals surface area contributed by atoms with E-state index < -0.39 is 5.82 Å². The van der Waals surface area contributed by atoms with Gasteiger partial charge in [0, 0.05) is 32.7 Å². The summed E-state index contributed by atoms with van der Waals surface area (Å²) in [6.07, 6.45) is 0.876. The summed E-state index contributed by atoms with van der Waals surface area (Å²) in [5, 5.41) is 6.06. The molecule has 2 N–H and O–H groups in total. The molecule has 1 saturated heterocycles. The van der Waals surface area contributed by atoms with Crippen LogP contribution in [0.2, 0.25) is 0 Å². The molecule has 0 atom stereocenters. The number of piperazine rings is 1. The Kier molecular flexibility index (Phi) is 5.94. The van der Waals surface area contributed by atoms with Crippen LogP contribution in [0.1, 0.15) is 16.8 Å². The van der Waals surface area contributed by atoms with Crippen molar-refractivity contribution in [2.24, 2.45) is 0 Å². The lowest BCUT2D eigenvalue weighted by Crippen LogP contribution is -2.44. The highest BCUT2D eigenvalue weighted by atomic mass is 79.9. The first-order chi connectivity index (χ1) is 9.68. The van der Waals surface area contributed by atoms with Crippen LogP contribution in [0.3, 0.4) is 0 Å². The third-order valence-corrected chi connectivity index (χ3v) is 3.95. The molecule has 1 fully saturated rings. The predicted octanol–water partition coefficient (Wildman–Crippen LogP) is 1.61. The summed E-state index contributed by atoms with van der Waals surface area (Å²) >= 11 is 3.08. The minimum Gasteiger partial charge on any atom is -0.352 e. The molecular weight excluding hydrogens is 325 g/mol. The quantitative estimate of drug-likeness (QED) is 0.798. The second-order valence-corrected chi connectivity index (χ2v) is 5.66. The van der Waals surface area contributed by atoms with Gasteiger partial charge in [0.2, 0.25) is 0 Å². The Morgan fingerprint density at radius 1 is 1.40 bits per heavy atom. The molecule has 6 heteroatoms. The zero-order chi connectivity index (χ0) is 14.4. The van der Waals surface area contributed by atoms with Crippen molar-refractivity contribution in [3.8, 4) is 0 Å². The van der Waals surface area contributed by atoms with Crippen molar-refractivity contribution in [2.75, 3.05) is 39.3 Å². The van der Waals surface area contributed by atoms with Gasteiger partial charge < -0.3 is 15.5 Å². The molecule has 1 heterocycles. The SMILES string of the molecule is O=C(NCCCN1CCNCC1)c1cccc(Br)c1F. The molecule has 1 aromatic carbocycles. The molecule has 0 spiro atoms. The number of amides is 1. The predicted molar refractivity (Wildman–Crippen MR) is 80.4 cm³/mol. The van der Waals surface area contributed by atoms with Crippen LogP contribution >= 0.6 is 15.9 Å². The zero-order valence-corrected chi connectivity index (χ0v) is 12.9. The lowest BCUT2D eigenvalue weighted by molar-refractivity contribution is 0.0947. The standard InChI is InChI=1S/C14H19BrFN3O/c15-12-4-1-3-11(13(12)16)14(20)18-5-2-8-19-9-6-17-7-10-19/h1,3-4,17H,2,5-10H2,(H,18,20). The molecule has 1 aliphatic rings. The van der Waals surface area contributed by atoms with Crippen molar-refractivity contribution in [1.82, 2.24) is 15.5 Å². The van der Waals surface area contributed by atoms with E-state index in [0.717, 1.165) is 39.1 Å². The maximum atomic E-state index is 13.7. The van der Waals surface area contributed by atoms with Crippen LogP contribution in [-0.2, 0) is 0 Å². The second kappa shape index (κ2) is 7.71. The van der Waals surface area contributed by atoms with Gasteiger partial charge in [-0.25, -0.2) is 4.39 Å². The number of halogens is 2. The van der Waals surface area contributed by atoms with Gasteiger partial charge in [-0.1, -0.05) is 6.07 Å². The van der Waals surface area contributed by atoms with Crippen LogP contribution in [0, 0.1) is 5.82 Å². The lowest BCUT2D eigenvalue weighted by atomic mass is 10.2. The van der Waals surface area contributed by atoms with Gasteiger partial charge in [0.05, 0.1) is 10.0 Å². The second-order valence-electron chi connectivity index (χ2n) is 4.80. The van der Waals surface area contributed by atoms with Crippen molar-refractivity contribution in [2.45, 2.75) is 6.42 Å². The molecule has 0 radical (unpaired) electrons. The molecule has 4 nitrogen and oxygen atoms in total. The first-order valence-corrected chi connectivity index (χ1v) is 7.63. The molecule has 0 bridgehead atoms. The Hall–Kier alpha value is -0.980. The highest BCUT2D eigenvalue weighted by molar-refractivity contribution is 9.10. The van der Waals surface area contributed by atoms with Crippen molar-refractivity contribution in [1.29, 1.82) is 0 Å². The van der Waals surface area contributed by atoms with E-state index in [1.165, 1.54) is 6.07 Å². The number of benzene rings is 1. The van der Waals surface area contributed by atoms with Gasteiger partial charge >= 0.3 is 0 Å². The molecule has 1 aromatic rings. The van der Waals surface area contributed by atoms with Crippen LogP contribution in [0.5, 0.6) is 0 Å². The van der Waals surface area contributed by atoms with E-state index in [1.54, 1.807) is 12.1 Å². The summed E-state index contributed by atoms with van der Waals surface area (Å²) in [7, 11) is 0. The lowest BCUT2D eigenvalue weighted by Gasteiger charge is -2.27. The number of nitrogens with zero attached hydrogens (tertiary/aromatic N) is 1. The Morgan fingerprint density at radius 3 is 2.90 bits per heavy atom. The topological polar surface area (TPSA) is 44.4 Å². The fourth-order valence-electron chi connectivity index (χ4n) is 2.21. The first kappa shape index (κ1) is 15.4. The van der Waals surface area contributed by atoms with E-state index in [1.807, 2.05) is 0 Å². The van der Waals surface area contributed by atoms with Crippen molar-refractivity contribution in [3.05, 3.63) is 34.1 Å². The zero-order valence-electron chi connectivity index (χ0n) is 11.3. The van der Waals surface area contributed by atoms with E-state index in [9.17, 15) is 9.18 Å². The van der Waals surface area contributed by atoms with Gasteiger partial charge in [-0.2, -0.15) is 0 Å². The summed E-state index contributed by atoms with van der Waals surface area (Å²) in [6.45, 7) is 5.67. The molecule has 1 aliphatic heterocycles. The van der Waals surface area contributed by atoms with Crippen LogP contribution in [0.15, 0.2) is 22.7 Å². The maximum Gasteiger partial charge on any atom is 0.254 e. The fourth-order valence-corrected chi connectivity index (χ4v) is 2.58. The average molecular weight is 344 g/mol. The Bertz CT molecular complexity index is 464. The number of nitrogens with one attached hydrogen (secondary N) is 2. The van der Waals surface area contributed by atoms with Gasteiger partial charge in [0.1, 0.15) is 5.82 Å². The summed E-state index contributed by atoms with van der Waals surface area (Å²) in [6, 6.07) is 4.73. The van der Waals surface area contributed by atoms with E-state index >= 15 is 0 Å². The summed E-state index contributed by atoms with van der Waals surface area (Å²) in [5.74, 6) is -0.865. The smallest absolute Gasteiger partial charge is 0.254 e. The molecule has 0 aliphatic carbocycles. The fraction of sp³-hybridized carbons (Fsp3) is 0.500. The van der Waals surface area contributed by atoms with Gasteiger partial charge in [-0.15, -0.1) is 0 Å². The normalized spacial score (nSPS) is 16.1. The van der Waals surface area contributed by atoms with Gasteiger partial charge in [0.25, 0.3) is 5.91 Å². The molecule has 20 heavy (non-hydrogen) atoms. The van der Waals surface area contributed by atoms with E-state index in [0.29, 0.717) is 11.0 Å². The molecule has 0 saturated carbocycles. The molecular formula is C14H19BrFN3O. The summed E-state index contributed by atoms with van der Waals surface area (Å²) in [5.41, 5.74) is 0.0848. The molecule has 2 rings (SSSR count). The Balaban J connectivity index is 1.73. The van der Waals surface area contributed by atoms with Crippen LogP contribution in [0.25, 0.3) is 0 Å². The summed E-state index contributed by atoms with van der Waals surface area (Å²) in [4.78, 5) is 14.2. The average Bonchev–Trinajstić information content (AvgIpc) is 2.47. The third-order valence-electron chi connectivity index (χ3n) is 3.34. The largest absolute Gasteiger partial charge is 0.352 e. The molecule has 110 valence electrons. The molecule has 1 amide bonds. The number of hydrogen-bond acceptors (Lipinski definition) is 3. The molecule has 0 aromatic heterocycles. The summed E-state index contributed by atoms with van der Waals surface area (Å²) < 4.78 is 14.0. The van der Waals surface area contributed by atoms with Crippen molar-refractivity contribution >= 4 is 21.8 Å². The maximum absolute atomic E-state index is 13.7. The van der Waals surface area contributed by atoms with Crippen molar-refractivity contribution in [3.63, 3.8) is 0 Å². The first-order valence-electron chi connectivity index (χ1n) is 6.84. The van der Waals surface area contributed by atoms with E-state index in [4.69, 9.17) is 0 Å². The Morgan fingerprint density at radius 2 is 2.15 bits per heavy atom.